The van der Waals surface area contributed by atoms with E-state index in [-0.39, 0.29) is 0 Å². The molecule has 0 bridgehead atoms. The molecule has 0 radical (unpaired) electrons. The van der Waals surface area contributed by atoms with Crippen molar-refractivity contribution in [3.05, 3.63) is 0 Å². The van der Waals surface area contributed by atoms with Crippen LogP contribution in [0.4, 0.5) is 0 Å². The summed E-state index contributed by atoms with van der Waals surface area (Å²) in [5.41, 5.74) is 0. The Morgan fingerprint density at radius 3 is 2.07 bits per heavy atom. The lowest BCUT2D eigenvalue weighted by molar-refractivity contribution is 0.238. The average molecular weight is 235 g/mol. The second-order valence-electron chi connectivity index (χ2n) is 4.08. The van der Waals surface area contributed by atoms with Gasteiger partial charge in [0.25, 0.3) is 0 Å². The van der Waals surface area contributed by atoms with E-state index in [0.717, 1.165) is 25.4 Å². The first-order valence-corrected chi connectivity index (χ1v) is 6.74. The first-order chi connectivity index (χ1) is 7.24. The number of likely N-dealkylation sites (N-methyl/N-ethyl adjacent to an activating group) is 2. The highest BCUT2D eigenvalue weighted by Gasteiger charge is 2.02. The number of halogens is 1. The molecule has 92 valence electrons. The summed E-state index contributed by atoms with van der Waals surface area (Å²) in [5, 5.41) is 0. The minimum atomic E-state index is 0.809. The number of unbranched alkanes of at least 4 members (excludes halogenated alkanes) is 2. The summed E-state index contributed by atoms with van der Waals surface area (Å²) in [6.07, 6.45) is 3.70. The maximum Gasteiger partial charge on any atom is 0.0223 e. The molecule has 15 heavy (non-hydrogen) atoms. The molecule has 2 nitrogen and oxygen atoms in total. The van der Waals surface area contributed by atoms with Gasteiger partial charge in [0, 0.05) is 19.0 Å². The van der Waals surface area contributed by atoms with Crippen LogP contribution >= 0.6 is 11.6 Å². The van der Waals surface area contributed by atoms with E-state index in [1.165, 1.54) is 32.5 Å². The molecule has 0 aliphatic carbocycles. The highest BCUT2D eigenvalue weighted by Crippen LogP contribution is 1.99. The first-order valence-electron chi connectivity index (χ1n) is 6.21. The fraction of sp³-hybridized carbons (Fsp3) is 1.00. The number of hydrogen-bond acceptors (Lipinski definition) is 2. The molecule has 0 N–H and O–H groups in total. The SMILES string of the molecule is CCN(CC)CCN(C)CCCCCCl. The summed E-state index contributed by atoms with van der Waals surface area (Å²) in [4.78, 5) is 4.89. The summed E-state index contributed by atoms with van der Waals surface area (Å²) in [7, 11) is 2.21. The van der Waals surface area contributed by atoms with E-state index < -0.39 is 0 Å². The zero-order chi connectivity index (χ0) is 11.5. The van der Waals surface area contributed by atoms with E-state index in [1.807, 2.05) is 0 Å². The smallest absolute Gasteiger partial charge is 0.0223 e. The van der Waals surface area contributed by atoms with Gasteiger partial charge in [0.2, 0.25) is 0 Å². The van der Waals surface area contributed by atoms with Crippen molar-refractivity contribution in [2.45, 2.75) is 33.1 Å². The Balaban J connectivity index is 3.35. The molecule has 0 amide bonds. The second-order valence-corrected chi connectivity index (χ2v) is 4.46. The molecule has 0 unspecified atom stereocenters. The van der Waals surface area contributed by atoms with Crippen LogP contribution in [0, 0.1) is 0 Å². The summed E-state index contributed by atoms with van der Waals surface area (Å²) in [5.74, 6) is 0.809. The quantitative estimate of drug-likeness (QED) is 0.424. The minimum Gasteiger partial charge on any atom is -0.305 e. The first kappa shape index (κ1) is 15.2. The third kappa shape index (κ3) is 9.16. The Hall–Kier alpha value is 0.210. The van der Waals surface area contributed by atoms with E-state index in [0.29, 0.717) is 0 Å². The Labute approximate surface area is 101 Å². The Kier molecular flexibility index (Phi) is 10.9. The van der Waals surface area contributed by atoms with Crippen molar-refractivity contribution in [2.75, 3.05) is 45.7 Å². The fourth-order valence-corrected chi connectivity index (χ4v) is 1.81. The Bertz CT molecular complexity index is 127. The fourth-order valence-electron chi connectivity index (χ4n) is 1.62. The predicted molar refractivity (Wildman–Crippen MR) is 69.9 cm³/mol. The lowest BCUT2D eigenvalue weighted by atomic mass is 10.2. The lowest BCUT2D eigenvalue weighted by Gasteiger charge is -2.22. The Morgan fingerprint density at radius 1 is 0.867 bits per heavy atom. The van der Waals surface area contributed by atoms with Gasteiger partial charge in [-0.2, -0.15) is 0 Å². The number of alkyl halides is 1. The summed E-state index contributed by atoms with van der Waals surface area (Å²) >= 11 is 5.64. The molecule has 0 saturated heterocycles. The van der Waals surface area contributed by atoms with Crippen LogP contribution < -0.4 is 0 Å². The largest absolute Gasteiger partial charge is 0.305 e. The van der Waals surface area contributed by atoms with Crippen LogP contribution in [0.5, 0.6) is 0 Å². The number of rotatable bonds is 10. The van der Waals surface area contributed by atoms with Crippen molar-refractivity contribution < 1.29 is 0 Å². The lowest BCUT2D eigenvalue weighted by Crippen LogP contribution is -2.33. The number of hydrogen-bond donors (Lipinski definition) is 0. The zero-order valence-electron chi connectivity index (χ0n) is 10.6. The van der Waals surface area contributed by atoms with Crippen LogP contribution in [0.2, 0.25) is 0 Å². The molecule has 0 heterocycles. The van der Waals surface area contributed by atoms with Gasteiger partial charge in [-0.25, -0.2) is 0 Å². The topological polar surface area (TPSA) is 6.48 Å². The molecular weight excluding hydrogens is 208 g/mol. The monoisotopic (exact) mass is 234 g/mol. The highest BCUT2D eigenvalue weighted by molar-refractivity contribution is 6.17. The van der Waals surface area contributed by atoms with Gasteiger partial charge in [-0.15, -0.1) is 11.6 Å². The summed E-state index contributed by atoms with van der Waals surface area (Å²) in [6, 6.07) is 0. The van der Waals surface area contributed by atoms with Gasteiger partial charge in [0.1, 0.15) is 0 Å². The summed E-state index contributed by atoms with van der Waals surface area (Å²) < 4.78 is 0. The van der Waals surface area contributed by atoms with Gasteiger partial charge in [-0.05, 0) is 39.5 Å². The third-order valence-corrected chi connectivity index (χ3v) is 3.13. The molecule has 0 aromatic heterocycles. The van der Waals surface area contributed by atoms with E-state index in [2.05, 4.69) is 30.7 Å². The molecule has 0 aromatic carbocycles. The van der Waals surface area contributed by atoms with Crippen LogP contribution in [0.1, 0.15) is 33.1 Å². The molecule has 0 saturated carbocycles. The van der Waals surface area contributed by atoms with Crippen molar-refractivity contribution in [1.82, 2.24) is 9.80 Å². The minimum absolute atomic E-state index is 0.809. The molecule has 0 fully saturated rings. The summed E-state index contributed by atoms with van der Waals surface area (Å²) in [6.45, 7) is 10.4. The van der Waals surface area contributed by atoms with Crippen LogP contribution in [-0.4, -0.2) is 55.5 Å². The van der Waals surface area contributed by atoms with Gasteiger partial charge in [0.15, 0.2) is 0 Å². The van der Waals surface area contributed by atoms with Crippen LogP contribution in [0.15, 0.2) is 0 Å². The van der Waals surface area contributed by atoms with Gasteiger partial charge in [-0.1, -0.05) is 20.3 Å². The maximum atomic E-state index is 5.64. The van der Waals surface area contributed by atoms with Crippen LogP contribution in [0.3, 0.4) is 0 Å². The van der Waals surface area contributed by atoms with E-state index in [1.54, 1.807) is 0 Å². The van der Waals surface area contributed by atoms with Gasteiger partial charge >= 0.3 is 0 Å². The van der Waals surface area contributed by atoms with E-state index in [9.17, 15) is 0 Å². The van der Waals surface area contributed by atoms with Crippen LogP contribution in [-0.2, 0) is 0 Å². The zero-order valence-corrected chi connectivity index (χ0v) is 11.4. The van der Waals surface area contributed by atoms with Crippen molar-refractivity contribution in [3.63, 3.8) is 0 Å². The molecule has 0 aromatic rings. The second kappa shape index (κ2) is 10.7. The molecule has 0 aliphatic heterocycles. The van der Waals surface area contributed by atoms with E-state index in [4.69, 9.17) is 11.6 Å². The van der Waals surface area contributed by atoms with Gasteiger partial charge < -0.3 is 9.80 Å². The molecule has 0 atom stereocenters. The van der Waals surface area contributed by atoms with Crippen molar-refractivity contribution in [3.8, 4) is 0 Å². The molecule has 0 rings (SSSR count). The number of nitrogens with zero attached hydrogens (tertiary/aromatic N) is 2. The normalized spacial score (nSPS) is 11.6. The maximum absolute atomic E-state index is 5.64. The van der Waals surface area contributed by atoms with Crippen molar-refractivity contribution in [2.24, 2.45) is 0 Å². The molecule has 3 heteroatoms. The third-order valence-electron chi connectivity index (χ3n) is 2.87. The van der Waals surface area contributed by atoms with E-state index >= 15 is 0 Å². The molecular formula is C12H27ClN2. The molecule has 0 aliphatic rings. The van der Waals surface area contributed by atoms with Crippen LogP contribution in [0.25, 0.3) is 0 Å². The van der Waals surface area contributed by atoms with Gasteiger partial charge in [0.05, 0.1) is 0 Å². The van der Waals surface area contributed by atoms with Gasteiger partial charge in [-0.3, -0.25) is 0 Å². The van der Waals surface area contributed by atoms with Crippen molar-refractivity contribution in [1.29, 1.82) is 0 Å². The Morgan fingerprint density at radius 2 is 1.53 bits per heavy atom. The highest BCUT2D eigenvalue weighted by atomic mass is 35.5. The van der Waals surface area contributed by atoms with Crippen molar-refractivity contribution >= 4 is 11.6 Å². The predicted octanol–water partition coefficient (Wildman–Crippen LogP) is 2.67. The molecule has 0 spiro atoms. The average Bonchev–Trinajstić information content (AvgIpc) is 2.26. The standard InChI is InChI=1S/C12H27ClN2/c1-4-15(5-2)12-11-14(3)10-8-6-7-9-13/h4-12H2,1-3H3.